The first kappa shape index (κ1) is 43.5. The van der Waals surface area contributed by atoms with E-state index in [0.29, 0.717) is 0 Å². The zero-order valence-corrected chi connectivity index (χ0v) is 22.7. The average molecular weight is 954 g/mol. The van der Waals surface area contributed by atoms with Crippen LogP contribution < -0.4 is 0 Å². The summed E-state index contributed by atoms with van der Waals surface area (Å²) in [6.07, 6.45) is 0. The van der Waals surface area contributed by atoms with Crippen LogP contribution in [-0.2, 0) is 0 Å². The van der Waals surface area contributed by atoms with Crippen molar-refractivity contribution < 1.29 is 123 Å². The third-order valence-electron chi connectivity index (χ3n) is 5.05. The lowest BCUT2D eigenvalue weighted by Crippen LogP contribution is -2.79. The minimum Gasteiger partial charge on any atom is -0.192 e. The van der Waals surface area contributed by atoms with Crippen molar-refractivity contribution in [2.75, 3.05) is 0 Å². The van der Waals surface area contributed by atoms with Gasteiger partial charge in [0.05, 0.1) is 0 Å². The fourth-order valence-corrected chi connectivity index (χ4v) is 3.01. The van der Waals surface area contributed by atoms with Gasteiger partial charge in [-0.25, -0.2) is 0 Å². The van der Waals surface area contributed by atoms with Gasteiger partial charge in [0.1, 0.15) is 0 Å². The van der Waals surface area contributed by atoms with Gasteiger partial charge in [-0.05, 0) is 0 Å². The van der Waals surface area contributed by atoms with Crippen LogP contribution in [0.2, 0.25) is 0 Å². The van der Waals surface area contributed by atoms with Gasteiger partial charge in [-0.2, -0.15) is 123 Å². The van der Waals surface area contributed by atoms with E-state index in [1.807, 2.05) is 0 Å². The molecular weight excluding hydrogens is 954 g/mol. The Kier molecular flexibility index (Phi) is 10.4. The highest BCUT2D eigenvalue weighted by Gasteiger charge is 3.00. The van der Waals surface area contributed by atoms with Crippen LogP contribution in [0.1, 0.15) is 0 Å². The lowest BCUT2D eigenvalue weighted by atomic mass is 9.84. The summed E-state index contributed by atoms with van der Waals surface area (Å²) >= 11 is -2.61. The van der Waals surface area contributed by atoms with E-state index < -0.39 is 124 Å². The van der Waals surface area contributed by atoms with Crippen molar-refractivity contribution in [3.05, 3.63) is 0 Å². The highest BCUT2D eigenvalue weighted by Crippen LogP contribution is 2.69. The summed E-state index contributed by atoms with van der Waals surface area (Å²) in [4.78, 5) is 0. The zero-order valence-electron chi connectivity index (χ0n) is 18.3. The Bertz CT molecular complexity index is 973. The van der Waals surface area contributed by atoms with Crippen molar-refractivity contribution >= 4 is 45.2 Å². The third kappa shape index (κ3) is 5.02. The van der Waals surface area contributed by atoms with E-state index >= 15 is 0 Å². The smallest absolute Gasteiger partial charge is 0.192 e. The molecule has 0 nitrogen and oxygen atoms in total. The van der Waals surface area contributed by atoms with Crippen molar-refractivity contribution in [3.8, 4) is 0 Å². The highest BCUT2D eigenvalue weighted by molar-refractivity contribution is 14.1. The molecule has 0 aromatic rings. The third-order valence-corrected chi connectivity index (χ3v) is 6.40. The van der Waals surface area contributed by atoms with Crippen LogP contribution in [0.25, 0.3) is 0 Å². The van der Waals surface area contributed by atoms with Crippen molar-refractivity contribution in [3.63, 3.8) is 0 Å². The number of hydrogen-bond donors (Lipinski definition) is 0. The van der Waals surface area contributed by atoms with Crippen molar-refractivity contribution in [2.24, 2.45) is 0 Å². The first-order valence-electron chi connectivity index (χ1n) is 8.92. The Morgan fingerprint density at radius 3 is 0.295 bits per heavy atom. The normalized spacial score (nSPS) is 17.3. The molecule has 0 aliphatic carbocycles. The molecule has 0 fully saturated rings. The van der Waals surface area contributed by atoms with Gasteiger partial charge in [0.2, 0.25) is 0 Å². The molecule has 30 heteroatoms. The van der Waals surface area contributed by atoms with Gasteiger partial charge in [-0.1, -0.05) is 0 Å². The monoisotopic (exact) mass is 954 g/mol. The Balaban J connectivity index is 7.52. The molecule has 266 valence electrons. The van der Waals surface area contributed by atoms with E-state index in [4.69, 9.17) is 0 Å². The summed E-state index contributed by atoms with van der Waals surface area (Å²) in [6, 6.07) is 0. The number of rotatable bonds is 13. The zero-order chi connectivity index (χ0) is 37.0. The van der Waals surface area contributed by atoms with Crippen molar-refractivity contribution in [2.45, 2.75) is 78.9 Å². The number of halogens is 30. The van der Waals surface area contributed by atoms with Crippen LogP contribution in [0.3, 0.4) is 0 Å². The van der Waals surface area contributed by atoms with Gasteiger partial charge < -0.3 is 0 Å². The molecule has 0 saturated carbocycles. The summed E-state index contributed by atoms with van der Waals surface area (Å²) in [5.41, 5.74) is 0. The Hall–Kier alpha value is -0.500. The number of hydrogen-bond acceptors (Lipinski definition) is 0. The Morgan fingerprint density at radius 2 is 0.227 bits per heavy atom. The minimum atomic E-state index is -9.81. The molecule has 44 heavy (non-hydrogen) atoms. The molecular formula is C14F28I2. The van der Waals surface area contributed by atoms with E-state index in [9.17, 15) is 123 Å². The van der Waals surface area contributed by atoms with Crippen LogP contribution in [0.4, 0.5) is 123 Å². The van der Waals surface area contributed by atoms with Gasteiger partial charge in [-0.15, -0.1) is 0 Å². The summed E-state index contributed by atoms with van der Waals surface area (Å²) in [5.74, 6) is -111. The molecule has 0 atom stereocenters. The molecule has 0 aliphatic rings. The maximum Gasteiger partial charge on any atom is 0.387 e. The van der Waals surface area contributed by atoms with E-state index in [1.54, 1.807) is 0 Å². The van der Waals surface area contributed by atoms with Crippen LogP contribution in [0.15, 0.2) is 0 Å². The summed E-state index contributed by atoms with van der Waals surface area (Å²) in [5, 5.41) is 0. The van der Waals surface area contributed by atoms with Gasteiger partial charge in [-0.3, -0.25) is 0 Å². The molecule has 0 aromatic carbocycles. The molecule has 0 aromatic heterocycles. The molecule has 0 spiro atoms. The van der Waals surface area contributed by atoms with Gasteiger partial charge in [0.25, 0.3) is 0 Å². The topological polar surface area (TPSA) is 0 Å². The molecule has 0 amide bonds. The second kappa shape index (κ2) is 10.5. The predicted octanol–water partition coefficient (Wildman–Crippen LogP) is 10.7. The van der Waals surface area contributed by atoms with Crippen LogP contribution >= 0.6 is 45.2 Å². The lowest BCUT2D eigenvalue weighted by molar-refractivity contribution is -0.482. The Labute approximate surface area is 247 Å². The van der Waals surface area contributed by atoms with Crippen LogP contribution in [0.5, 0.6) is 0 Å². The molecule has 0 rings (SSSR count). The average Bonchev–Trinajstić information content (AvgIpc) is 2.75. The number of alkyl halides is 30. The first-order valence-corrected chi connectivity index (χ1v) is 11.1. The highest BCUT2D eigenvalue weighted by atomic mass is 127. The fourth-order valence-electron chi connectivity index (χ4n) is 2.33. The van der Waals surface area contributed by atoms with Gasteiger partial charge in [0, 0.05) is 45.2 Å². The molecule has 0 N–H and O–H groups in total. The second-order valence-electron chi connectivity index (χ2n) is 7.89. The summed E-state index contributed by atoms with van der Waals surface area (Å²) in [6.45, 7) is 0. The standard InChI is InChI=1S/C14F28I2/c15-1(16,3(19,20)5(23,24)7(27,28)9(31,32)11(35,36)13(39,40)43)2(17,18)4(21,22)6(25,26)8(29,30)10(33,34)12(37,38)14(41,42)44. The molecule has 0 bridgehead atoms. The van der Waals surface area contributed by atoms with Gasteiger partial charge >= 0.3 is 78.9 Å². The molecule has 0 radical (unpaired) electrons. The van der Waals surface area contributed by atoms with Gasteiger partial charge in [0.15, 0.2) is 0 Å². The summed E-state index contributed by atoms with van der Waals surface area (Å²) in [7, 11) is 0. The van der Waals surface area contributed by atoms with E-state index in [1.165, 1.54) is 0 Å². The van der Waals surface area contributed by atoms with Crippen molar-refractivity contribution in [1.29, 1.82) is 0 Å². The quantitative estimate of drug-likeness (QED) is 0.0981. The summed E-state index contributed by atoms with van der Waals surface area (Å²) < 4.78 is 359. The SMILES string of the molecule is FC(F)(I)C(F)(F)C(F)(F)C(F)(F)C(F)(F)C(F)(F)C(F)(F)C(F)(F)C(F)(F)C(F)(F)C(F)(F)C(F)(F)C(F)(F)C(F)(F)I. The van der Waals surface area contributed by atoms with E-state index in [2.05, 4.69) is 0 Å². The van der Waals surface area contributed by atoms with Crippen LogP contribution in [-0.4, -0.2) is 78.9 Å². The van der Waals surface area contributed by atoms with Crippen LogP contribution in [0, 0.1) is 0 Å². The second-order valence-corrected chi connectivity index (χ2v) is 10.6. The van der Waals surface area contributed by atoms with Crippen molar-refractivity contribution in [1.82, 2.24) is 0 Å². The largest absolute Gasteiger partial charge is 0.387 e. The Morgan fingerprint density at radius 1 is 0.159 bits per heavy atom. The van der Waals surface area contributed by atoms with E-state index in [0.717, 1.165) is 0 Å². The predicted molar refractivity (Wildman–Crippen MR) is 97.3 cm³/mol. The van der Waals surface area contributed by atoms with E-state index in [-0.39, 0.29) is 0 Å². The molecule has 0 heterocycles. The maximum absolute atomic E-state index is 13.6. The molecule has 0 saturated heterocycles. The lowest BCUT2D eigenvalue weighted by Gasteiger charge is -2.46. The first-order chi connectivity index (χ1) is 18.2. The minimum absolute atomic E-state index is 1.31. The maximum atomic E-state index is 13.6. The molecule has 0 unspecified atom stereocenters. The fraction of sp³-hybridized carbons (Fsp3) is 1.00. The molecule has 0 aliphatic heterocycles.